The van der Waals surface area contributed by atoms with Gasteiger partial charge in [0.05, 0.1) is 16.4 Å². The van der Waals surface area contributed by atoms with E-state index in [2.05, 4.69) is 17.2 Å². The highest BCUT2D eigenvalue weighted by Gasteiger charge is 2.42. The second kappa shape index (κ2) is 7.60. The van der Waals surface area contributed by atoms with Gasteiger partial charge in [0.1, 0.15) is 0 Å². The number of carbonyl (C=O) groups is 1. The molecule has 2 rings (SSSR count). The van der Waals surface area contributed by atoms with Crippen molar-refractivity contribution in [3.63, 3.8) is 0 Å². The third kappa shape index (κ3) is 4.85. The van der Waals surface area contributed by atoms with Gasteiger partial charge >= 0.3 is 0 Å². The summed E-state index contributed by atoms with van der Waals surface area (Å²) in [7, 11) is 1.71. The molecule has 1 aromatic heterocycles. The second-order valence-corrected chi connectivity index (χ2v) is 6.45. The van der Waals surface area contributed by atoms with Crippen LogP contribution in [0, 0.1) is 17.3 Å². The summed E-state index contributed by atoms with van der Waals surface area (Å²) in [6.07, 6.45) is 3.80. The maximum Gasteiger partial charge on any atom is 0.261 e. The molecule has 0 bridgehead atoms. The number of aliphatic hydroxyl groups excluding tert-OH is 1. The molecule has 0 aliphatic heterocycles. The van der Waals surface area contributed by atoms with Crippen LogP contribution in [0.4, 0.5) is 0 Å². The van der Waals surface area contributed by atoms with E-state index in [0.717, 1.165) is 24.4 Å². The van der Waals surface area contributed by atoms with Gasteiger partial charge < -0.3 is 15.2 Å². The number of carbonyl (C=O) groups excluding carboxylic acids is 1. The number of rotatable bonds is 7. The summed E-state index contributed by atoms with van der Waals surface area (Å²) in [5, 5.41) is 11.7. The average Bonchev–Trinajstić information content (AvgIpc) is 3.11. The molecule has 1 aliphatic carbocycles. The minimum Gasteiger partial charge on any atom is -0.395 e. The van der Waals surface area contributed by atoms with Gasteiger partial charge in [-0.25, -0.2) is 0 Å². The lowest BCUT2D eigenvalue weighted by molar-refractivity contribution is 0.0942. The number of ether oxygens (including phenoxy) is 1. The van der Waals surface area contributed by atoms with E-state index in [1.165, 1.54) is 24.2 Å². The first kappa shape index (κ1) is 16.0. The standard InChI is InChI=1S/C16H21NO3S/c1-20-11-9-16(7-8-16)12-17-15(19)14-6-5-13(21-14)4-2-3-10-18/h5-6,18H,3,7-12H2,1H3,(H,17,19). The van der Waals surface area contributed by atoms with Crippen LogP contribution in [0.5, 0.6) is 0 Å². The summed E-state index contributed by atoms with van der Waals surface area (Å²) in [6, 6.07) is 3.65. The number of nitrogens with one attached hydrogen (secondary N) is 1. The molecule has 0 spiro atoms. The van der Waals surface area contributed by atoms with Gasteiger partial charge in [0.25, 0.3) is 5.91 Å². The average molecular weight is 307 g/mol. The van der Waals surface area contributed by atoms with Gasteiger partial charge in [-0.2, -0.15) is 0 Å². The van der Waals surface area contributed by atoms with Gasteiger partial charge in [-0.1, -0.05) is 11.8 Å². The molecule has 0 aromatic carbocycles. The molecule has 1 fully saturated rings. The van der Waals surface area contributed by atoms with Crippen molar-refractivity contribution < 1.29 is 14.6 Å². The fourth-order valence-corrected chi connectivity index (χ4v) is 2.90. The topological polar surface area (TPSA) is 58.6 Å². The van der Waals surface area contributed by atoms with E-state index >= 15 is 0 Å². The van der Waals surface area contributed by atoms with Crippen LogP contribution in [-0.2, 0) is 4.74 Å². The fourth-order valence-electron chi connectivity index (χ4n) is 2.10. The summed E-state index contributed by atoms with van der Waals surface area (Å²) < 4.78 is 5.12. The maximum absolute atomic E-state index is 12.1. The highest BCUT2D eigenvalue weighted by Crippen LogP contribution is 2.48. The molecular formula is C16H21NO3S. The van der Waals surface area contributed by atoms with E-state index < -0.39 is 0 Å². The molecule has 0 unspecified atom stereocenters. The summed E-state index contributed by atoms with van der Waals surface area (Å²) in [5.74, 6) is 5.77. The number of thiophene rings is 1. The molecule has 114 valence electrons. The van der Waals surface area contributed by atoms with Crippen molar-refractivity contribution in [3.05, 3.63) is 21.9 Å². The second-order valence-electron chi connectivity index (χ2n) is 5.36. The van der Waals surface area contributed by atoms with E-state index in [9.17, 15) is 4.79 Å². The van der Waals surface area contributed by atoms with Gasteiger partial charge in [-0.15, -0.1) is 11.3 Å². The largest absolute Gasteiger partial charge is 0.395 e. The van der Waals surface area contributed by atoms with Gasteiger partial charge in [-0.05, 0) is 36.8 Å². The van der Waals surface area contributed by atoms with Gasteiger partial charge in [0, 0.05) is 26.7 Å². The van der Waals surface area contributed by atoms with Crippen molar-refractivity contribution in [1.82, 2.24) is 5.32 Å². The predicted molar refractivity (Wildman–Crippen MR) is 83.4 cm³/mol. The first-order valence-corrected chi connectivity index (χ1v) is 7.97. The zero-order chi connectivity index (χ0) is 15.1. The quantitative estimate of drug-likeness (QED) is 0.758. The SMILES string of the molecule is COCCC1(CNC(=O)c2ccc(C#CCCO)s2)CC1. The van der Waals surface area contributed by atoms with E-state index in [4.69, 9.17) is 9.84 Å². The van der Waals surface area contributed by atoms with Crippen molar-refractivity contribution in [1.29, 1.82) is 0 Å². The number of hydrogen-bond acceptors (Lipinski definition) is 4. The Bertz CT molecular complexity index is 537. The molecule has 1 aromatic rings. The molecule has 21 heavy (non-hydrogen) atoms. The van der Waals surface area contributed by atoms with Crippen LogP contribution < -0.4 is 5.32 Å². The molecule has 0 saturated heterocycles. The monoisotopic (exact) mass is 307 g/mol. The minimum atomic E-state index is -0.0288. The summed E-state index contributed by atoms with van der Waals surface area (Å²) in [5.41, 5.74) is 0.257. The normalized spacial score (nSPS) is 15.1. The van der Waals surface area contributed by atoms with Gasteiger partial charge in [0.2, 0.25) is 0 Å². The Labute approximate surface area is 129 Å². The Morgan fingerprint density at radius 3 is 3.00 bits per heavy atom. The molecule has 1 aliphatic rings. The molecular weight excluding hydrogens is 286 g/mol. The van der Waals surface area contributed by atoms with Crippen LogP contribution in [0.1, 0.15) is 40.2 Å². The number of amides is 1. The number of hydrogen-bond donors (Lipinski definition) is 2. The predicted octanol–water partition coefficient (Wildman–Crippen LogP) is 2.03. The zero-order valence-electron chi connectivity index (χ0n) is 12.3. The molecule has 1 amide bonds. The number of methoxy groups -OCH3 is 1. The van der Waals surface area contributed by atoms with Crippen molar-refractivity contribution in [2.45, 2.75) is 25.7 Å². The first-order valence-electron chi connectivity index (χ1n) is 7.16. The smallest absolute Gasteiger partial charge is 0.261 e. The van der Waals surface area contributed by atoms with Crippen molar-refractivity contribution in [2.75, 3.05) is 26.9 Å². The molecule has 0 atom stereocenters. The maximum atomic E-state index is 12.1. The van der Waals surface area contributed by atoms with Gasteiger partial charge in [-0.3, -0.25) is 4.79 Å². The van der Waals surface area contributed by atoms with E-state index in [1.54, 1.807) is 13.2 Å². The van der Waals surface area contributed by atoms with Crippen molar-refractivity contribution >= 4 is 17.2 Å². The van der Waals surface area contributed by atoms with Crippen LogP contribution >= 0.6 is 11.3 Å². The molecule has 1 saturated carbocycles. The summed E-state index contributed by atoms with van der Waals surface area (Å²) in [4.78, 5) is 13.7. The van der Waals surface area contributed by atoms with E-state index in [-0.39, 0.29) is 17.9 Å². The van der Waals surface area contributed by atoms with Crippen molar-refractivity contribution in [3.8, 4) is 11.8 Å². The Hall–Kier alpha value is -1.35. The lowest BCUT2D eigenvalue weighted by Crippen LogP contribution is -2.30. The fraction of sp³-hybridized carbons (Fsp3) is 0.562. The van der Waals surface area contributed by atoms with Crippen LogP contribution in [0.25, 0.3) is 0 Å². The lowest BCUT2D eigenvalue weighted by atomic mass is 10.0. The highest BCUT2D eigenvalue weighted by molar-refractivity contribution is 7.14. The summed E-state index contributed by atoms with van der Waals surface area (Å²) in [6.45, 7) is 1.54. The Kier molecular flexibility index (Phi) is 5.80. The Balaban J connectivity index is 1.83. The molecule has 0 radical (unpaired) electrons. The van der Waals surface area contributed by atoms with Crippen molar-refractivity contribution in [2.24, 2.45) is 5.41 Å². The van der Waals surface area contributed by atoms with Gasteiger partial charge in [0.15, 0.2) is 0 Å². The molecule has 5 heteroatoms. The molecule has 4 nitrogen and oxygen atoms in total. The Morgan fingerprint density at radius 1 is 1.52 bits per heavy atom. The van der Waals surface area contributed by atoms with Crippen LogP contribution in [0.3, 0.4) is 0 Å². The Morgan fingerprint density at radius 2 is 2.33 bits per heavy atom. The van der Waals surface area contributed by atoms with Crippen LogP contribution in [0.2, 0.25) is 0 Å². The summed E-state index contributed by atoms with van der Waals surface area (Å²) >= 11 is 1.39. The van der Waals surface area contributed by atoms with Crippen LogP contribution in [-0.4, -0.2) is 37.9 Å². The third-order valence-electron chi connectivity index (χ3n) is 3.70. The highest BCUT2D eigenvalue weighted by atomic mass is 32.1. The van der Waals surface area contributed by atoms with E-state index in [0.29, 0.717) is 11.3 Å². The third-order valence-corrected chi connectivity index (χ3v) is 4.70. The number of aliphatic hydroxyl groups is 1. The lowest BCUT2D eigenvalue weighted by Gasteiger charge is -2.14. The minimum absolute atomic E-state index is 0.0288. The molecule has 2 N–H and O–H groups in total. The zero-order valence-corrected chi connectivity index (χ0v) is 13.1. The van der Waals surface area contributed by atoms with E-state index in [1.807, 2.05) is 6.07 Å². The first-order chi connectivity index (χ1) is 10.2. The molecule has 1 heterocycles. The van der Waals surface area contributed by atoms with Crippen LogP contribution in [0.15, 0.2) is 12.1 Å².